The van der Waals surface area contributed by atoms with E-state index in [1.54, 1.807) is 24.3 Å². The fraction of sp³-hybridized carbons (Fsp3) is 0.261. The van der Waals surface area contributed by atoms with E-state index in [0.29, 0.717) is 27.6 Å². The van der Waals surface area contributed by atoms with E-state index in [2.05, 4.69) is 15.0 Å². The summed E-state index contributed by atoms with van der Waals surface area (Å²) in [6.07, 6.45) is 5.18. The number of nitrogens with zero attached hydrogens (tertiary/aromatic N) is 3. The smallest absolute Gasteiger partial charge is 0.301 e. The molecule has 0 saturated heterocycles. The lowest BCUT2D eigenvalue weighted by atomic mass is 9.93. The number of halogens is 2. The van der Waals surface area contributed by atoms with Crippen LogP contribution in [0.1, 0.15) is 44.4 Å². The van der Waals surface area contributed by atoms with E-state index >= 15 is 0 Å². The van der Waals surface area contributed by atoms with Crippen molar-refractivity contribution >= 4 is 28.7 Å². The molecule has 0 fully saturated rings. The number of allylic oxidation sites excluding steroid dienone is 4. The van der Waals surface area contributed by atoms with Gasteiger partial charge >= 0.3 is 6.01 Å². The normalized spacial score (nSPS) is 16.2. The van der Waals surface area contributed by atoms with Gasteiger partial charge in [0.2, 0.25) is 5.91 Å². The molecule has 0 saturated carbocycles. The molecule has 3 aromatic rings. The van der Waals surface area contributed by atoms with Crippen molar-refractivity contribution in [3.8, 4) is 11.8 Å². The Kier molecular flexibility index (Phi) is 5.75. The van der Waals surface area contributed by atoms with Crippen LogP contribution in [0.25, 0.3) is 11.2 Å². The van der Waals surface area contributed by atoms with Crippen LogP contribution in [0.4, 0.5) is 4.39 Å². The molecule has 0 radical (unpaired) electrons. The Bertz CT molecular complexity index is 1230. The third-order valence-corrected chi connectivity index (χ3v) is 5.84. The quantitative estimate of drug-likeness (QED) is 0.311. The van der Waals surface area contributed by atoms with Gasteiger partial charge in [0.25, 0.3) is 0 Å². The lowest BCUT2D eigenvalue weighted by Gasteiger charge is -2.34. The number of amides is 1. The van der Waals surface area contributed by atoms with Crippen molar-refractivity contribution in [1.29, 1.82) is 0 Å². The van der Waals surface area contributed by atoms with Crippen molar-refractivity contribution in [2.24, 2.45) is 5.84 Å². The van der Waals surface area contributed by atoms with E-state index in [9.17, 15) is 9.18 Å². The fourth-order valence-corrected chi connectivity index (χ4v) is 3.91. The first kappa shape index (κ1) is 22.0. The lowest BCUT2D eigenvalue weighted by Crippen LogP contribution is -2.49. The van der Waals surface area contributed by atoms with E-state index in [4.69, 9.17) is 22.2 Å². The van der Waals surface area contributed by atoms with Crippen LogP contribution in [0.3, 0.4) is 0 Å². The topological polar surface area (TPSA) is 97.1 Å². The van der Waals surface area contributed by atoms with Crippen LogP contribution in [0, 0.1) is 0 Å². The number of imidazole rings is 1. The largest absolute Gasteiger partial charge is 0.426 e. The van der Waals surface area contributed by atoms with Crippen LogP contribution in [0.5, 0.6) is 11.8 Å². The Hall–Kier alpha value is -3.23. The molecule has 0 aliphatic heterocycles. The number of aromatic amines is 1. The zero-order valence-corrected chi connectivity index (χ0v) is 18.7. The molecule has 2 aromatic heterocycles. The van der Waals surface area contributed by atoms with Crippen LogP contribution in [-0.4, -0.2) is 25.9 Å². The van der Waals surface area contributed by atoms with Crippen LogP contribution >= 0.6 is 11.6 Å². The number of H-pyrrole nitrogens is 1. The third kappa shape index (κ3) is 4.24. The highest BCUT2D eigenvalue weighted by Crippen LogP contribution is 2.34. The van der Waals surface area contributed by atoms with E-state index in [1.165, 1.54) is 18.0 Å². The second-order valence-corrected chi connectivity index (χ2v) is 8.56. The Labute approximate surface area is 189 Å². The minimum Gasteiger partial charge on any atom is -0.426 e. The van der Waals surface area contributed by atoms with Crippen molar-refractivity contribution in [2.75, 3.05) is 0 Å². The Morgan fingerprint density at radius 2 is 2.03 bits per heavy atom. The summed E-state index contributed by atoms with van der Waals surface area (Å²) in [5.41, 5.74) is 1.79. The van der Waals surface area contributed by atoms with E-state index < -0.39 is 5.54 Å². The molecule has 1 aliphatic rings. The summed E-state index contributed by atoms with van der Waals surface area (Å²) in [4.78, 5) is 23.6. The van der Waals surface area contributed by atoms with Gasteiger partial charge in [-0.15, -0.1) is 0 Å². The standard InChI is InChI=1S/C23H23ClFN5O2/c1-13(31)30(26)23(2,3)15-7-9-17(10-8-15)32-22-27-19-12-18(24)20(28-21(19)29-22)14-5-4-6-16(25)11-14/h4-10,12,14H,11,26H2,1-3H3,(H,27,28,29). The molecule has 0 spiro atoms. The number of hydrogen-bond acceptors (Lipinski definition) is 5. The maximum Gasteiger partial charge on any atom is 0.301 e. The second-order valence-electron chi connectivity index (χ2n) is 8.15. The van der Waals surface area contributed by atoms with Gasteiger partial charge in [-0.1, -0.05) is 35.9 Å². The Morgan fingerprint density at radius 3 is 2.69 bits per heavy atom. The van der Waals surface area contributed by atoms with Gasteiger partial charge < -0.3 is 9.72 Å². The molecule has 4 rings (SSSR count). The van der Waals surface area contributed by atoms with Gasteiger partial charge in [-0.3, -0.25) is 9.80 Å². The number of hydrogen-bond donors (Lipinski definition) is 2. The van der Waals surface area contributed by atoms with Crippen molar-refractivity contribution < 1.29 is 13.9 Å². The number of rotatable bonds is 5. The maximum absolute atomic E-state index is 13.7. The summed E-state index contributed by atoms with van der Waals surface area (Å²) < 4.78 is 19.5. The zero-order chi connectivity index (χ0) is 23.0. The number of aromatic nitrogens is 3. The highest BCUT2D eigenvalue weighted by molar-refractivity contribution is 6.31. The highest BCUT2D eigenvalue weighted by atomic mass is 35.5. The van der Waals surface area contributed by atoms with Gasteiger partial charge in [-0.25, -0.2) is 15.2 Å². The molecule has 1 aromatic carbocycles. The van der Waals surface area contributed by atoms with Gasteiger partial charge in [0, 0.05) is 19.3 Å². The fourth-order valence-electron chi connectivity index (χ4n) is 3.62. The minimum absolute atomic E-state index is 0.214. The summed E-state index contributed by atoms with van der Waals surface area (Å²) in [6, 6.07) is 9.18. The van der Waals surface area contributed by atoms with E-state index in [-0.39, 0.29) is 30.1 Å². The predicted molar refractivity (Wildman–Crippen MR) is 121 cm³/mol. The molecule has 1 amide bonds. The second kappa shape index (κ2) is 8.37. The minimum atomic E-state index is -0.678. The zero-order valence-electron chi connectivity index (χ0n) is 17.9. The molecule has 2 heterocycles. The molecular formula is C23H23ClFN5O2. The number of pyridine rings is 1. The van der Waals surface area contributed by atoms with Crippen molar-refractivity contribution in [3.63, 3.8) is 0 Å². The number of ether oxygens (including phenoxy) is 1. The predicted octanol–water partition coefficient (Wildman–Crippen LogP) is 5.26. The molecule has 7 nitrogen and oxygen atoms in total. The molecule has 0 bridgehead atoms. The van der Waals surface area contributed by atoms with Gasteiger partial charge in [-0.2, -0.15) is 4.98 Å². The molecule has 9 heteroatoms. The molecular weight excluding hydrogens is 433 g/mol. The first-order valence-electron chi connectivity index (χ1n) is 10.1. The average Bonchev–Trinajstić information content (AvgIpc) is 3.13. The Balaban J connectivity index is 1.55. The van der Waals surface area contributed by atoms with Crippen LogP contribution in [-0.2, 0) is 10.3 Å². The summed E-state index contributed by atoms with van der Waals surface area (Å²) in [7, 11) is 0. The number of nitrogens with two attached hydrogens (primary N) is 1. The lowest BCUT2D eigenvalue weighted by molar-refractivity contribution is -0.134. The van der Waals surface area contributed by atoms with Crippen molar-refractivity contribution in [3.05, 3.63) is 70.7 Å². The third-order valence-electron chi connectivity index (χ3n) is 5.54. The first-order valence-corrected chi connectivity index (χ1v) is 10.5. The first-order chi connectivity index (χ1) is 15.1. The summed E-state index contributed by atoms with van der Waals surface area (Å²) in [5, 5.41) is 1.62. The Morgan fingerprint density at radius 1 is 1.31 bits per heavy atom. The molecule has 1 aliphatic carbocycles. The van der Waals surface area contributed by atoms with E-state index in [0.717, 1.165) is 5.56 Å². The molecule has 3 N–H and O–H groups in total. The van der Waals surface area contributed by atoms with Gasteiger partial charge in [0.1, 0.15) is 11.6 Å². The van der Waals surface area contributed by atoms with Crippen molar-refractivity contribution in [1.82, 2.24) is 20.0 Å². The highest BCUT2D eigenvalue weighted by Gasteiger charge is 2.28. The number of carbonyl (C=O) groups excluding carboxylic acids is 1. The molecule has 32 heavy (non-hydrogen) atoms. The number of benzene rings is 1. The molecule has 1 atom stereocenters. The van der Waals surface area contributed by atoms with Gasteiger partial charge in [0.15, 0.2) is 5.65 Å². The van der Waals surface area contributed by atoms with Gasteiger partial charge in [-0.05, 0) is 43.7 Å². The molecule has 1 unspecified atom stereocenters. The number of fused-ring (bicyclic) bond motifs is 1. The van der Waals surface area contributed by atoms with Crippen LogP contribution in [0.2, 0.25) is 5.02 Å². The summed E-state index contributed by atoms with van der Waals surface area (Å²) in [6.45, 7) is 5.14. The number of carbonyl (C=O) groups is 1. The summed E-state index contributed by atoms with van der Waals surface area (Å²) >= 11 is 6.40. The van der Waals surface area contributed by atoms with Crippen LogP contribution in [0.15, 0.2) is 54.4 Å². The SMILES string of the molecule is CC(=O)N(N)C(C)(C)c1ccc(Oc2nc3nc(C4C=CC=C(F)C4)c(Cl)cc3[nH]2)cc1. The molecule has 166 valence electrons. The summed E-state index contributed by atoms with van der Waals surface area (Å²) in [5.74, 6) is 5.76. The van der Waals surface area contributed by atoms with Gasteiger partial charge in [0.05, 0.1) is 21.8 Å². The average molecular weight is 456 g/mol. The monoisotopic (exact) mass is 455 g/mol. The maximum atomic E-state index is 13.7. The number of nitrogens with one attached hydrogen (secondary N) is 1. The van der Waals surface area contributed by atoms with E-state index in [1.807, 2.05) is 32.1 Å². The van der Waals surface area contributed by atoms with Crippen molar-refractivity contribution in [2.45, 2.75) is 38.6 Å². The number of hydrazine groups is 1. The van der Waals surface area contributed by atoms with Crippen LogP contribution < -0.4 is 10.6 Å².